The Balaban J connectivity index is 2.07. The maximum absolute atomic E-state index is 9.79. The SMILES string of the molecule is Cn1nnc(CC(O)c2cncnc2)n1. The van der Waals surface area contributed by atoms with E-state index in [0.29, 0.717) is 17.8 Å². The summed E-state index contributed by atoms with van der Waals surface area (Å²) in [4.78, 5) is 8.99. The van der Waals surface area contributed by atoms with Crippen LogP contribution in [-0.4, -0.2) is 35.3 Å². The number of aromatic nitrogens is 6. The van der Waals surface area contributed by atoms with Gasteiger partial charge < -0.3 is 5.11 Å². The lowest BCUT2D eigenvalue weighted by Gasteiger charge is -2.05. The fourth-order valence-electron chi connectivity index (χ4n) is 1.18. The highest BCUT2D eigenvalue weighted by molar-refractivity contribution is 5.08. The standard InChI is InChI=1S/C8H10N6O/c1-14-12-8(11-13-14)2-7(15)6-3-9-5-10-4-6/h3-5,7,15H,2H2,1H3. The van der Waals surface area contributed by atoms with Crippen molar-refractivity contribution in [1.82, 2.24) is 30.2 Å². The number of hydrogen-bond donors (Lipinski definition) is 1. The summed E-state index contributed by atoms with van der Waals surface area (Å²) in [6.45, 7) is 0. The summed E-state index contributed by atoms with van der Waals surface area (Å²) in [5.41, 5.74) is 0.643. The molecule has 7 nitrogen and oxygen atoms in total. The summed E-state index contributed by atoms with van der Waals surface area (Å²) >= 11 is 0. The van der Waals surface area contributed by atoms with Crippen molar-refractivity contribution in [2.45, 2.75) is 12.5 Å². The second kappa shape index (κ2) is 4.09. The number of hydrogen-bond acceptors (Lipinski definition) is 6. The van der Waals surface area contributed by atoms with Crippen LogP contribution in [0.5, 0.6) is 0 Å². The molecule has 0 saturated heterocycles. The van der Waals surface area contributed by atoms with Gasteiger partial charge >= 0.3 is 0 Å². The predicted molar refractivity (Wildman–Crippen MR) is 49.5 cm³/mol. The first kappa shape index (κ1) is 9.66. The molecule has 0 aliphatic carbocycles. The monoisotopic (exact) mass is 206 g/mol. The van der Waals surface area contributed by atoms with Crippen molar-refractivity contribution < 1.29 is 5.11 Å². The number of rotatable bonds is 3. The van der Waals surface area contributed by atoms with Crippen molar-refractivity contribution in [3.8, 4) is 0 Å². The fourth-order valence-corrected chi connectivity index (χ4v) is 1.18. The molecule has 0 bridgehead atoms. The third-order valence-electron chi connectivity index (χ3n) is 1.89. The summed E-state index contributed by atoms with van der Waals surface area (Å²) in [5.74, 6) is 0.494. The third kappa shape index (κ3) is 2.32. The van der Waals surface area contributed by atoms with E-state index in [-0.39, 0.29) is 0 Å². The number of tetrazole rings is 1. The van der Waals surface area contributed by atoms with E-state index >= 15 is 0 Å². The third-order valence-corrected chi connectivity index (χ3v) is 1.89. The number of aryl methyl sites for hydroxylation is 1. The second-order valence-electron chi connectivity index (χ2n) is 3.09. The summed E-state index contributed by atoms with van der Waals surface area (Å²) in [7, 11) is 1.68. The first-order valence-corrected chi connectivity index (χ1v) is 4.41. The van der Waals surface area contributed by atoms with E-state index in [1.165, 1.54) is 11.1 Å². The van der Waals surface area contributed by atoms with E-state index in [1.54, 1.807) is 19.4 Å². The molecule has 78 valence electrons. The summed E-state index contributed by atoms with van der Waals surface area (Å²) in [5, 5.41) is 21.2. The van der Waals surface area contributed by atoms with Crippen LogP contribution < -0.4 is 0 Å². The minimum absolute atomic E-state index is 0.307. The average Bonchev–Trinajstić information content (AvgIpc) is 2.65. The van der Waals surface area contributed by atoms with E-state index < -0.39 is 6.10 Å². The van der Waals surface area contributed by atoms with Crippen molar-refractivity contribution in [2.75, 3.05) is 0 Å². The Morgan fingerprint density at radius 3 is 2.73 bits per heavy atom. The van der Waals surface area contributed by atoms with Crippen LogP contribution in [0.3, 0.4) is 0 Å². The van der Waals surface area contributed by atoms with Gasteiger partial charge in [0.1, 0.15) is 6.33 Å². The highest BCUT2D eigenvalue weighted by Crippen LogP contribution is 2.13. The van der Waals surface area contributed by atoms with E-state index in [0.717, 1.165) is 0 Å². The molecule has 2 aromatic heterocycles. The van der Waals surface area contributed by atoms with Crippen molar-refractivity contribution in [1.29, 1.82) is 0 Å². The largest absolute Gasteiger partial charge is 0.388 e. The van der Waals surface area contributed by atoms with Gasteiger partial charge in [-0.1, -0.05) is 0 Å². The minimum atomic E-state index is -0.699. The molecule has 1 unspecified atom stereocenters. The van der Waals surface area contributed by atoms with Gasteiger partial charge in [0.25, 0.3) is 0 Å². The Bertz CT molecular complexity index is 428. The van der Waals surface area contributed by atoms with Crippen LogP contribution in [0, 0.1) is 0 Å². The van der Waals surface area contributed by atoms with E-state index in [2.05, 4.69) is 25.4 Å². The maximum Gasteiger partial charge on any atom is 0.177 e. The molecule has 0 fully saturated rings. The molecule has 0 spiro atoms. The highest BCUT2D eigenvalue weighted by Gasteiger charge is 2.12. The van der Waals surface area contributed by atoms with Crippen LogP contribution in [0.25, 0.3) is 0 Å². The molecular formula is C8H10N6O. The number of nitrogens with zero attached hydrogens (tertiary/aromatic N) is 6. The zero-order valence-electron chi connectivity index (χ0n) is 8.15. The number of aliphatic hydroxyl groups excluding tert-OH is 1. The molecule has 2 heterocycles. The molecule has 1 N–H and O–H groups in total. The molecular weight excluding hydrogens is 196 g/mol. The molecule has 0 radical (unpaired) electrons. The lowest BCUT2D eigenvalue weighted by atomic mass is 10.1. The Morgan fingerprint density at radius 2 is 2.13 bits per heavy atom. The van der Waals surface area contributed by atoms with Gasteiger partial charge in [-0.15, -0.1) is 10.2 Å². The van der Waals surface area contributed by atoms with Crippen LogP contribution in [0.4, 0.5) is 0 Å². The van der Waals surface area contributed by atoms with Crippen LogP contribution in [0.15, 0.2) is 18.7 Å². The Labute approximate surface area is 85.8 Å². The summed E-state index contributed by atoms with van der Waals surface area (Å²) in [6.07, 6.45) is 4.15. The van der Waals surface area contributed by atoms with Gasteiger partial charge in [0.2, 0.25) is 0 Å². The zero-order chi connectivity index (χ0) is 10.7. The van der Waals surface area contributed by atoms with Gasteiger partial charge in [0.15, 0.2) is 5.82 Å². The van der Waals surface area contributed by atoms with Crippen molar-refractivity contribution in [3.05, 3.63) is 30.1 Å². The van der Waals surface area contributed by atoms with Crippen molar-refractivity contribution >= 4 is 0 Å². The first-order valence-electron chi connectivity index (χ1n) is 4.41. The van der Waals surface area contributed by atoms with Crippen molar-refractivity contribution in [2.24, 2.45) is 7.05 Å². The Kier molecular flexibility index (Phi) is 2.64. The zero-order valence-corrected chi connectivity index (χ0v) is 8.15. The molecule has 7 heteroatoms. The van der Waals surface area contributed by atoms with E-state index in [4.69, 9.17) is 0 Å². The van der Waals surface area contributed by atoms with E-state index in [9.17, 15) is 5.11 Å². The van der Waals surface area contributed by atoms with Crippen molar-refractivity contribution in [3.63, 3.8) is 0 Å². The van der Waals surface area contributed by atoms with Gasteiger partial charge in [-0.05, 0) is 5.21 Å². The molecule has 0 amide bonds. The predicted octanol–water partition coefficient (Wildman–Crippen LogP) is -0.724. The quantitative estimate of drug-likeness (QED) is 0.712. The van der Waals surface area contributed by atoms with Gasteiger partial charge in [-0.25, -0.2) is 9.97 Å². The van der Waals surface area contributed by atoms with Crippen LogP contribution in [0.2, 0.25) is 0 Å². The van der Waals surface area contributed by atoms with Gasteiger partial charge in [-0.3, -0.25) is 0 Å². The van der Waals surface area contributed by atoms with Crippen LogP contribution in [-0.2, 0) is 13.5 Å². The molecule has 0 saturated carbocycles. The molecule has 2 aromatic rings. The fraction of sp³-hybridized carbons (Fsp3) is 0.375. The highest BCUT2D eigenvalue weighted by atomic mass is 16.3. The van der Waals surface area contributed by atoms with Crippen LogP contribution in [0.1, 0.15) is 17.5 Å². The first-order chi connectivity index (χ1) is 7.25. The molecule has 0 aromatic carbocycles. The average molecular weight is 206 g/mol. The van der Waals surface area contributed by atoms with Crippen LogP contribution >= 0.6 is 0 Å². The Morgan fingerprint density at radius 1 is 1.40 bits per heavy atom. The summed E-state index contributed by atoms with van der Waals surface area (Å²) in [6, 6.07) is 0. The van der Waals surface area contributed by atoms with Gasteiger partial charge in [0.05, 0.1) is 13.2 Å². The van der Waals surface area contributed by atoms with Gasteiger partial charge in [0, 0.05) is 24.4 Å². The molecule has 0 aliphatic heterocycles. The number of aliphatic hydroxyl groups is 1. The maximum atomic E-state index is 9.79. The molecule has 1 atom stereocenters. The smallest absolute Gasteiger partial charge is 0.177 e. The molecule has 15 heavy (non-hydrogen) atoms. The summed E-state index contributed by atoms with van der Waals surface area (Å²) < 4.78 is 0. The Hall–Kier alpha value is -1.89. The normalized spacial score (nSPS) is 12.7. The minimum Gasteiger partial charge on any atom is -0.388 e. The van der Waals surface area contributed by atoms with Gasteiger partial charge in [-0.2, -0.15) is 4.80 Å². The second-order valence-corrected chi connectivity index (χ2v) is 3.09. The topological polar surface area (TPSA) is 89.6 Å². The molecule has 2 rings (SSSR count). The lowest BCUT2D eigenvalue weighted by Crippen LogP contribution is -2.04. The van der Waals surface area contributed by atoms with E-state index in [1.807, 2.05) is 0 Å². The lowest BCUT2D eigenvalue weighted by molar-refractivity contribution is 0.175. The molecule has 0 aliphatic rings.